The van der Waals surface area contributed by atoms with Crippen molar-refractivity contribution < 1.29 is 48.1 Å². The number of aryl methyl sites for hydroxylation is 2. The summed E-state index contributed by atoms with van der Waals surface area (Å²) in [4.78, 5) is 0. The maximum Gasteiger partial charge on any atom is -0.0132 e. The summed E-state index contributed by atoms with van der Waals surface area (Å²) < 4.78 is 0. The molecule has 0 nitrogen and oxygen atoms in total. The van der Waals surface area contributed by atoms with Crippen LogP contribution in [0.25, 0.3) is 66.1 Å². The van der Waals surface area contributed by atoms with Gasteiger partial charge in [0, 0.05) is 0 Å². The molecule has 0 radical (unpaired) electrons. The summed E-state index contributed by atoms with van der Waals surface area (Å²) in [6, 6.07) is 51.0. The molecule has 8 aromatic carbocycles. The van der Waals surface area contributed by atoms with Gasteiger partial charge >= 0.3 is 41.9 Å². The third-order valence-corrected chi connectivity index (χ3v) is 14.5. The van der Waals surface area contributed by atoms with E-state index < -0.39 is 0 Å². The average Bonchev–Trinajstić information content (AvgIpc) is 3.83. The van der Waals surface area contributed by atoms with Crippen molar-refractivity contribution >= 4 is 27.0 Å². The molecule has 4 heteroatoms. The molecule has 0 saturated heterocycles. The van der Waals surface area contributed by atoms with E-state index in [0.29, 0.717) is 0 Å². The van der Waals surface area contributed by atoms with E-state index >= 15 is 0 Å². The molecule has 0 spiro atoms. The van der Waals surface area contributed by atoms with Crippen molar-refractivity contribution in [3.05, 3.63) is 178 Å². The van der Waals surface area contributed by atoms with Gasteiger partial charge in [-0.1, -0.05) is 293 Å². The topological polar surface area (TPSA) is 0 Å². The first-order valence-electron chi connectivity index (χ1n) is 26.5. The molecule has 0 atom stereocenters. The van der Waals surface area contributed by atoms with Gasteiger partial charge in [0.25, 0.3) is 0 Å². The Morgan fingerprint density at radius 1 is 0.311 bits per heavy atom. The number of benzene rings is 6. The number of hydrogen-bond acceptors (Lipinski definition) is 0. The van der Waals surface area contributed by atoms with E-state index in [0.717, 1.165) is 0 Å². The van der Waals surface area contributed by atoms with Crippen molar-refractivity contribution in [1.82, 2.24) is 0 Å². The molecule has 0 aliphatic carbocycles. The molecule has 0 bridgehead atoms. The molecule has 0 unspecified atom stereocenters. The van der Waals surface area contributed by atoms with E-state index in [1.54, 1.807) is 23.3 Å². The zero-order valence-corrected chi connectivity index (χ0v) is 54.4. The minimum Gasteiger partial charge on any atom is -1.00 e. The number of halogens is 2. The summed E-state index contributed by atoms with van der Waals surface area (Å²) in [6.07, 6.45) is 0. The summed E-state index contributed by atoms with van der Waals surface area (Å²) in [6.45, 7) is 50.5. The maximum atomic E-state index is 2.45. The third-order valence-electron chi connectivity index (χ3n) is 14.5. The van der Waals surface area contributed by atoms with Gasteiger partial charge in [-0.2, -0.15) is 11.1 Å². The Bertz CT molecular complexity index is 2950. The van der Waals surface area contributed by atoms with Crippen LogP contribution in [0.2, 0.25) is 13.1 Å². The normalized spacial score (nSPS) is 12.3. The predicted octanol–water partition coefficient (Wildman–Crippen LogP) is 15.0. The van der Waals surface area contributed by atoms with E-state index in [2.05, 4.69) is 285 Å². The number of hydrogen-bond donors (Lipinski definition) is 0. The quantitative estimate of drug-likeness (QED) is 0.122. The summed E-state index contributed by atoms with van der Waals surface area (Å²) in [7, 11) is 0. The SMILES string of the molecule is C[Si](C)=[Zr+2].Cc1c(C(C)(C)C)[cH-]c2c(-c3ccc(C(C)(C)C)cc3)ccc(-c3ccc(C(C)(C)C)cc3)c12.Cc1c(C(C)(C)C)[cH-]c2c(-c3ccc(C(C)(C)C)cc3)ccc(-c3ccc(C(C)(C)C)cc3)c12.[Cl-].[Cl-]. The second-order valence-corrected chi connectivity index (χ2v) is 36.4. The Labute approximate surface area is 477 Å². The molecule has 392 valence electrons. The second-order valence-electron chi connectivity index (χ2n) is 27.1. The van der Waals surface area contributed by atoms with Crippen LogP contribution >= 0.6 is 0 Å². The summed E-state index contributed by atoms with van der Waals surface area (Å²) in [5, 5.41) is 5.52. The Kier molecular flexibility index (Phi) is 19.9. The zero-order valence-electron chi connectivity index (χ0n) is 49.5. The molecule has 8 rings (SSSR count). The number of rotatable bonds is 4. The monoisotopic (exact) mass is 1120 g/mol. The van der Waals surface area contributed by atoms with Crippen molar-refractivity contribution in [3.8, 4) is 44.5 Å². The molecule has 0 aliphatic heterocycles. The summed E-state index contributed by atoms with van der Waals surface area (Å²) in [5.41, 5.74) is 22.7. The fourth-order valence-corrected chi connectivity index (χ4v) is 10.3. The first kappa shape index (κ1) is 62.8. The molecule has 8 aromatic rings. The van der Waals surface area contributed by atoms with Crippen LogP contribution in [0.3, 0.4) is 0 Å². The van der Waals surface area contributed by atoms with Crippen molar-refractivity contribution in [2.45, 2.75) is 184 Å². The Morgan fingerprint density at radius 2 is 0.500 bits per heavy atom. The van der Waals surface area contributed by atoms with Gasteiger partial charge in [0.1, 0.15) is 0 Å². The minimum atomic E-state index is 0. The molecule has 0 heterocycles. The van der Waals surface area contributed by atoms with E-state index in [4.69, 9.17) is 0 Å². The van der Waals surface area contributed by atoms with Gasteiger partial charge in [-0.3, -0.25) is 0 Å². The summed E-state index contributed by atoms with van der Waals surface area (Å²) >= 11 is 1.74. The van der Waals surface area contributed by atoms with Crippen LogP contribution in [-0.2, 0) is 55.8 Å². The molecule has 0 aliphatic rings. The van der Waals surface area contributed by atoms with E-state index in [-0.39, 0.29) is 62.7 Å². The van der Waals surface area contributed by atoms with Crippen LogP contribution in [0.4, 0.5) is 0 Å². The average molecular weight is 1120 g/mol. The van der Waals surface area contributed by atoms with Crippen molar-refractivity contribution in [1.29, 1.82) is 0 Å². The van der Waals surface area contributed by atoms with Gasteiger partial charge in [0.15, 0.2) is 0 Å². The largest absolute Gasteiger partial charge is 1.00 e. The van der Waals surface area contributed by atoms with E-state index in [1.165, 1.54) is 111 Å². The summed E-state index contributed by atoms with van der Waals surface area (Å²) in [5.74, 6) is 0. The van der Waals surface area contributed by atoms with E-state index in [1.807, 2.05) is 0 Å². The fourth-order valence-electron chi connectivity index (χ4n) is 10.3. The van der Waals surface area contributed by atoms with Crippen LogP contribution in [0.1, 0.15) is 169 Å². The van der Waals surface area contributed by atoms with Gasteiger partial charge in [-0.15, -0.1) is 44.8 Å². The van der Waals surface area contributed by atoms with Gasteiger partial charge in [0.2, 0.25) is 0 Å². The van der Waals surface area contributed by atoms with Gasteiger partial charge < -0.3 is 24.8 Å². The van der Waals surface area contributed by atoms with Crippen molar-refractivity contribution in [3.63, 3.8) is 0 Å². The molecule has 0 saturated carbocycles. The van der Waals surface area contributed by atoms with Crippen molar-refractivity contribution in [2.24, 2.45) is 0 Å². The Balaban J connectivity index is 0.000000291. The predicted molar refractivity (Wildman–Crippen MR) is 320 cm³/mol. The van der Waals surface area contributed by atoms with Crippen LogP contribution in [0, 0.1) is 13.8 Å². The first-order chi connectivity index (χ1) is 33.1. The number of fused-ring (bicyclic) bond motifs is 2. The maximum absolute atomic E-state index is 2.45. The molecule has 0 aromatic heterocycles. The molecule has 0 N–H and O–H groups in total. The first-order valence-corrected chi connectivity index (χ1v) is 32.7. The smallest absolute Gasteiger partial charge is 0.0132 e. The Hall–Kier alpha value is -3.78. The van der Waals surface area contributed by atoms with Crippen LogP contribution < -0.4 is 24.8 Å². The molecular formula is C70H88Cl2SiZr-2. The molecule has 74 heavy (non-hydrogen) atoms. The van der Waals surface area contributed by atoms with Gasteiger partial charge in [0.05, 0.1) is 0 Å². The van der Waals surface area contributed by atoms with Gasteiger partial charge in [-0.05, 0) is 65.9 Å². The van der Waals surface area contributed by atoms with Crippen LogP contribution in [0.15, 0.2) is 133 Å². The van der Waals surface area contributed by atoms with Crippen molar-refractivity contribution in [2.75, 3.05) is 0 Å². The molecule has 0 amide bonds. The van der Waals surface area contributed by atoms with Crippen LogP contribution in [-0.4, -0.2) is 5.43 Å². The van der Waals surface area contributed by atoms with Crippen LogP contribution in [0.5, 0.6) is 0 Å². The second kappa shape index (κ2) is 23.4. The van der Waals surface area contributed by atoms with E-state index in [9.17, 15) is 0 Å². The Morgan fingerprint density at radius 3 is 0.689 bits per heavy atom. The standard InChI is InChI=1S/2C34H41.C2H6Si.2ClH.Zr/c2*1-22-30(34(8,9)10)21-29-27(23-11-15-25(16-12-23)32(2,3)4)19-20-28(31(22)29)24-13-17-26(18-14-24)33(5,6)7;1-3-2;;;/h2*11-21H,1-10H3;1-2H3;2*1H;/q2*-1;;;;+2/p-2. The molecule has 0 fully saturated rings. The molecular weight excluding hydrogens is 1030 g/mol. The zero-order chi connectivity index (χ0) is 53.7. The third kappa shape index (κ3) is 14.4. The fraction of sp³-hybridized carbons (Fsp3) is 0.400. The minimum absolute atomic E-state index is 0. The van der Waals surface area contributed by atoms with Gasteiger partial charge in [-0.25, -0.2) is 0 Å².